The third-order valence-electron chi connectivity index (χ3n) is 2.80. The minimum absolute atomic E-state index is 0.103. The van der Waals surface area contributed by atoms with E-state index in [9.17, 15) is 4.79 Å². The number of nitrogens with zero attached hydrogens (tertiary/aromatic N) is 2. The molecular weight excluding hydrogens is 228 g/mol. The Balaban J connectivity index is 4.27. The molecule has 1 unspecified atom stereocenters. The van der Waals surface area contributed by atoms with Crippen molar-refractivity contribution in [2.75, 3.05) is 27.2 Å². The van der Waals surface area contributed by atoms with Gasteiger partial charge in [0, 0.05) is 33.1 Å². The van der Waals surface area contributed by atoms with Gasteiger partial charge in [-0.25, -0.2) is 0 Å². The van der Waals surface area contributed by atoms with E-state index in [1.165, 1.54) is 0 Å². The summed E-state index contributed by atoms with van der Waals surface area (Å²) in [5, 5.41) is 6.52. The Kier molecular flexibility index (Phi) is 8.16. The average Bonchev–Trinajstić information content (AvgIpc) is 2.28. The van der Waals surface area contributed by atoms with Crippen molar-refractivity contribution >= 4 is 11.9 Å². The largest absolute Gasteiger partial charge is 0.357 e. The fourth-order valence-electron chi connectivity index (χ4n) is 1.19. The molecule has 0 aromatic heterocycles. The van der Waals surface area contributed by atoms with Crippen molar-refractivity contribution in [3.63, 3.8) is 0 Å². The molecule has 0 fully saturated rings. The molecule has 0 rings (SSSR count). The van der Waals surface area contributed by atoms with Crippen LogP contribution in [0.5, 0.6) is 0 Å². The molecule has 0 aliphatic heterocycles. The molecule has 0 saturated carbocycles. The lowest BCUT2D eigenvalue weighted by Crippen LogP contribution is -2.44. The quantitative estimate of drug-likeness (QED) is 0.552. The first-order chi connectivity index (χ1) is 8.38. The zero-order chi connectivity index (χ0) is 14.1. The van der Waals surface area contributed by atoms with Gasteiger partial charge in [0.1, 0.15) is 0 Å². The average molecular weight is 256 g/mol. The highest BCUT2D eigenvalue weighted by molar-refractivity contribution is 5.81. The maximum absolute atomic E-state index is 11.4. The second kappa shape index (κ2) is 8.78. The van der Waals surface area contributed by atoms with Crippen LogP contribution in [0.25, 0.3) is 0 Å². The number of nitrogens with one attached hydrogen (secondary N) is 2. The Hall–Kier alpha value is -1.26. The van der Waals surface area contributed by atoms with Gasteiger partial charge in [-0.05, 0) is 19.8 Å². The molecule has 0 aromatic carbocycles. The van der Waals surface area contributed by atoms with Crippen LogP contribution in [-0.2, 0) is 4.79 Å². The van der Waals surface area contributed by atoms with E-state index in [1.807, 2.05) is 6.92 Å². The molecule has 0 heterocycles. The third-order valence-corrected chi connectivity index (χ3v) is 2.80. The molecule has 0 bridgehead atoms. The van der Waals surface area contributed by atoms with Crippen molar-refractivity contribution in [2.24, 2.45) is 10.9 Å². The van der Waals surface area contributed by atoms with E-state index < -0.39 is 0 Å². The summed E-state index contributed by atoms with van der Waals surface area (Å²) >= 11 is 0. The minimum atomic E-state index is 0.103. The Morgan fingerprint density at radius 3 is 2.33 bits per heavy atom. The van der Waals surface area contributed by atoms with E-state index in [1.54, 1.807) is 19.0 Å². The van der Waals surface area contributed by atoms with E-state index in [0.717, 1.165) is 12.5 Å². The second-order valence-corrected chi connectivity index (χ2v) is 4.98. The summed E-state index contributed by atoms with van der Waals surface area (Å²) in [7, 11) is 3.52. The first-order valence-electron chi connectivity index (χ1n) is 6.63. The summed E-state index contributed by atoms with van der Waals surface area (Å²) in [5.74, 6) is 1.43. The monoisotopic (exact) mass is 256 g/mol. The highest BCUT2D eigenvalue weighted by atomic mass is 16.2. The van der Waals surface area contributed by atoms with Crippen molar-refractivity contribution in [2.45, 2.75) is 40.2 Å². The van der Waals surface area contributed by atoms with Gasteiger partial charge in [0.05, 0.1) is 6.54 Å². The molecular formula is C13H28N4O. The van der Waals surface area contributed by atoms with Crippen LogP contribution >= 0.6 is 0 Å². The third kappa shape index (κ3) is 7.14. The van der Waals surface area contributed by atoms with Gasteiger partial charge in [0.15, 0.2) is 5.96 Å². The van der Waals surface area contributed by atoms with E-state index >= 15 is 0 Å². The van der Waals surface area contributed by atoms with Crippen LogP contribution < -0.4 is 10.6 Å². The van der Waals surface area contributed by atoms with E-state index in [-0.39, 0.29) is 5.91 Å². The van der Waals surface area contributed by atoms with Crippen molar-refractivity contribution in [3.8, 4) is 0 Å². The predicted octanol–water partition coefficient (Wildman–Crippen LogP) is 1.06. The van der Waals surface area contributed by atoms with Crippen molar-refractivity contribution in [1.82, 2.24) is 15.5 Å². The molecule has 0 aliphatic rings. The van der Waals surface area contributed by atoms with Gasteiger partial charge in [0.25, 0.3) is 0 Å². The van der Waals surface area contributed by atoms with Gasteiger partial charge in [-0.3, -0.25) is 9.79 Å². The van der Waals surface area contributed by atoms with Crippen LogP contribution in [0.3, 0.4) is 0 Å². The summed E-state index contributed by atoms with van der Waals surface area (Å²) in [6.07, 6.45) is 0.444. The van der Waals surface area contributed by atoms with Gasteiger partial charge in [-0.2, -0.15) is 0 Å². The van der Waals surface area contributed by atoms with Crippen LogP contribution in [-0.4, -0.2) is 50.0 Å². The molecule has 0 radical (unpaired) electrons. The molecule has 2 N–H and O–H groups in total. The summed E-state index contributed by atoms with van der Waals surface area (Å²) in [6.45, 7) is 9.81. The minimum Gasteiger partial charge on any atom is -0.357 e. The zero-order valence-electron chi connectivity index (χ0n) is 12.6. The number of carbonyl (C=O) groups is 1. The van der Waals surface area contributed by atoms with Gasteiger partial charge in [0.2, 0.25) is 5.91 Å². The van der Waals surface area contributed by atoms with Gasteiger partial charge >= 0.3 is 0 Å². The van der Waals surface area contributed by atoms with Gasteiger partial charge < -0.3 is 15.5 Å². The number of hydrogen-bond donors (Lipinski definition) is 2. The number of rotatable bonds is 6. The molecule has 18 heavy (non-hydrogen) atoms. The van der Waals surface area contributed by atoms with Gasteiger partial charge in [-0.15, -0.1) is 0 Å². The number of carbonyl (C=O) groups excluding carboxylic acids is 1. The number of aliphatic imine (C=N–C) groups is 1. The summed E-state index contributed by atoms with van der Waals surface area (Å²) in [5.41, 5.74) is 0. The summed E-state index contributed by atoms with van der Waals surface area (Å²) in [4.78, 5) is 17.4. The zero-order valence-corrected chi connectivity index (χ0v) is 12.6. The molecule has 5 heteroatoms. The molecule has 1 amide bonds. The maximum atomic E-state index is 11.4. The lowest BCUT2D eigenvalue weighted by atomic mass is 10.1. The van der Waals surface area contributed by atoms with Crippen LogP contribution in [0.4, 0.5) is 0 Å². The van der Waals surface area contributed by atoms with Gasteiger partial charge in [-0.1, -0.05) is 13.8 Å². The standard InChI is InChI=1S/C13H28N4O/c1-7-14-13(16-11(4)10(2)3)15-9-8-12(18)17(5)6/h10-11H,7-9H2,1-6H3,(H2,14,15,16). The topological polar surface area (TPSA) is 56.7 Å². The summed E-state index contributed by atoms with van der Waals surface area (Å²) < 4.78 is 0. The lowest BCUT2D eigenvalue weighted by molar-refractivity contribution is -0.128. The fourth-order valence-corrected chi connectivity index (χ4v) is 1.19. The predicted molar refractivity (Wildman–Crippen MR) is 76.7 cm³/mol. The van der Waals surface area contributed by atoms with Crippen LogP contribution in [0.15, 0.2) is 4.99 Å². The SMILES string of the molecule is CCNC(=NCCC(=O)N(C)C)NC(C)C(C)C. The highest BCUT2D eigenvalue weighted by Gasteiger charge is 2.09. The molecule has 0 aliphatic carbocycles. The molecule has 106 valence electrons. The van der Waals surface area contributed by atoms with Crippen LogP contribution in [0, 0.1) is 5.92 Å². The number of amides is 1. The normalized spacial score (nSPS) is 13.4. The molecule has 0 aromatic rings. The van der Waals surface area contributed by atoms with Crippen molar-refractivity contribution in [1.29, 1.82) is 0 Å². The Morgan fingerprint density at radius 2 is 1.89 bits per heavy atom. The van der Waals surface area contributed by atoms with Crippen LogP contribution in [0.1, 0.15) is 34.1 Å². The first-order valence-corrected chi connectivity index (χ1v) is 6.63. The Morgan fingerprint density at radius 1 is 1.28 bits per heavy atom. The molecule has 0 spiro atoms. The number of guanidine groups is 1. The van der Waals surface area contributed by atoms with Crippen LogP contribution in [0.2, 0.25) is 0 Å². The first kappa shape index (κ1) is 16.7. The molecule has 1 atom stereocenters. The highest BCUT2D eigenvalue weighted by Crippen LogP contribution is 1.99. The lowest BCUT2D eigenvalue weighted by Gasteiger charge is -2.20. The Bertz CT molecular complexity index is 274. The maximum Gasteiger partial charge on any atom is 0.223 e. The summed E-state index contributed by atoms with van der Waals surface area (Å²) in [6, 6.07) is 0.354. The molecule has 5 nitrogen and oxygen atoms in total. The fraction of sp³-hybridized carbons (Fsp3) is 0.846. The van der Waals surface area contributed by atoms with E-state index in [2.05, 4.69) is 36.4 Å². The van der Waals surface area contributed by atoms with E-state index in [0.29, 0.717) is 24.9 Å². The van der Waals surface area contributed by atoms with Crippen molar-refractivity contribution < 1.29 is 4.79 Å². The smallest absolute Gasteiger partial charge is 0.223 e. The Labute approximate surface area is 111 Å². The van der Waals surface area contributed by atoms with E-state index in [4.69, 9.17) is 0 Å². The van der Waals surface area contributed by atoms with Crippen molar-refractivity contribution in [3.05, 3.63) is 0 Å². The molecule has 0 saturated heterocycles. The number of hydrogen-bond acceptors (Lipinski definition) is 2. The second-order valence-electron chi connectivity index (χ2n) is 4.98.